The number of pyridine rings is 1. The van der Waals surface area contributed by atoms with Crippen molar-refractivity contribution in [2.24, 2.45) is 7.05 Å². The molecule has 2 aromatic heterocycles. The van der Waals surface area contributed by atoms with Gasteiger partial charge in [0.05, 0.1) is 30.1 Å². The molecule has 30 heavy (non-hydrogen) atoms. The first-order valence-electron chi connectivity index (χ1n) is 9.95. The van der Waals surface area contributed by atoms with Crippen LogP contribution < -0.4 is 10.6 Å². The Kier molecular flexibility index (Phi) is 5.90. The molecule has 160 valence electrons. The summed E-state index contributed by atoms with van der Waals surface area (Å²) < 4.78 is 33.9. The lowest BCUT2D eigenvalue weighted by Crippen LogP contribution is -2.42. The van der Waals surface area contributed by atoms with Crippen LogP contribution in [0.3, 0.4) is 0 Å². The van der Waals surface area contributed by atoms with Gasteiger partial charge in [-0.1, -0.05) is 0 Å². The maximum Gasteiger partial charge on any atom is 0.246 e. The van der Waals surface area contributed by atoms with E-state index < -0.39 is 10.0 Å². The Morgan fingerprint density at radius 2 is 2.00 bits per heavy atom. The van der Waals surface area contributed by atoms with Gasteiger partial charge in [-0.15, -0.1) is 0 Å². The summed E-state index contributed by atoms with van der Waals surface area (Å²) in [6.07, 6.45) is 6.69. The zero-order valence-corrected chi connectivity index (χ0v) is 17.6. The fourth-order valence-corrected chi connectivity index (χ4v) is 5.20. The lowest BCUT2D eigenvalue weighted by atomic mass is 10.1. The van der Waals surface area contributed by atoms with E-state index in [9.17, 15) is 13.7 Å². The molecule has 2 aliphatic heterocycles. The van der Waals surface area contributed by atoms with Gasteiger partial charge in [0, 0.05) is 51.2 Å². The normalized spacial score (nSPS) is 20.7. The average molecular weight is 432 g/mol. The minimum atomic E-state index is -3.52. The first-order valence-corrected chi connectivity index (χ1v) is 11.4. The molecule has 2 aromatic rings. The number of rotatable bonds is 6. The number of ether oxygens (including phenoxy) is 1. The van der Waals surface area contributed by atoms with Gasteiger partial charge in [0.1, 0.15) is 16.8 Å². The molecule has 0 spiro atoms. The molecule has 0 amide bonds. The number of nitrogens with one attached hydrogen (secondary N) is 2. The van der Waals surface area contributed by atoms with Gasteiger partial charge in [-0.2, -0.15) is 14.7 Å². The van der Waals surface area contributed by atoms with Crippen LogP contribution in [0, 0.1) is 11.3 Å². The highest BCUT2D eigenvalue weighted by Gasteiger charge is 2.30. The van der Waals surface area contributed by atoms with Crippen molar-refractivity contribution in [3.63, 3.8) is 0 Å². The van der Waals surface area contributed by atoms with Gasteiger partial charge in [0.25, 0.3) is 0 Å². The van der Waals surface area contributed by atoms with E-state index in [0.29, 0.717) is 43.9 Å². The molecule has 2 N–H and O–H groups in total. The van der Waals surface area contributed by atoms with Crippen LogP contribution in [0.2, 0.25) is 0 Å². The van der Waals surface area contributed by atoms with Crippen molar-refractivity contribution >= 4 is 21.5 Å². The highest BCUT2D eigenvalue weighted by molar-refractivity contribution is 7.89. The van der Waals surface area contributed by atoms with Crippen LogP contribution >= 0.6 is 0 Å². The van der Waals surface area contributed by atoms with Gasteiger partial charge in [0.15, 0.2) is 0 Å². The van der Waals surface area contributed by atoms with Crippen LogP contribution in [0.25, 0.3) is 0 Å². The van der Waals surface area contributed by atoms with E-state index in [1.54, 1.807) is 13.2 Å². The highest BCUT2D eigenvalue weighted by atomic mass is 32.2. The fourth-order valence-electron chi connectivity index (χ4n) is 3.74. The van der Waals surface area contributed by atoms with Gasteiger partial charge < -0.3 is 15.4 Å². The number of aryl methyl sites for hydroxylation is 1. The topological polar surface area (TPSA) is 125 Å². The number of anilines is 2. The van der Waals surface area contributed by atoms with Crippen molar-refractivity contribution in [1.82, 2.24) is 19.1 Å². The van der Waals surface area contributed by atoms with Crippen LogP contribution in [0.15, 0.2) is 29.6 Å². The second kappa shape index (κ2) is 8.59. The van der Waals surface area contributed by atoms with Crippen molar-refractivity contribution < 1.29 is 13.2 Å². The van der Waals surface area contributed by atoms with Crippen molar-refractivity contribution in [3.05, 3.63) is 30.2 Å². The number of aromatic nitrogens is 3. The Hall–Kier alpha value is -2.68. The minimum absolute atomic E-state index is 0.105. The summed E-state index contributed by atoms with van der Waals surface area (Å²) in [4.78, 5) is 4.57. The van der Waals surface area contributed by atoms with Crippen LogP contribution in [-0.4, -0.2) is 65.9 Å². The minimum Gasteiger partial charge on any atom is -0.379 e. The molecule has 10 nitrogen and oxygen atoms in total. The van der Waals surface area contributed by atoms with Crippen molar-refractivity contribution in [2.45, 2.75) is 36.2 Å². The summed E-state index contributed by atoms with van der Waals surface area (Å²) in [6, 6.07) is 4.30. The second-order valence-corrected chi connectivity index (χ2v) is 9.54. The molecule has 0 aliphatic carbocycles. The quantitative estimate of drug-likeness (QED) is 0.698. The number of hydrogen-bond acceptors (Lipinski definition) is 8. The third-order valence-corrected chi connectivity index (χ3v) is 7.29. The molecule has 2 saturated heterocycles. The maximum atomic E-state index is 12.7. The van der Waals surface area contributed by atoms with Crippen molar-refractivity contribution in [1.29, 1.82) is 5.26 Å². The lowest BCUT2D eigenvalue weighted by Gasteiger charge is -2.31. The van der Waals surface area contributed by atoms with Crippen LogP contribution in [0.4, 0.5) is 11.5 Å². The Morgan fingerprint density at radius 1 is 1.20 bits per heavy atom. The predicted molar refractivity (Wildman–Crippen MR) is 110 cm³/mol. The summed E-state index contributed by atoms with van der Waals surface area (Å²) in [6.45, 7) is 2.20. The fraction of sp³-hybridized carbons (Fsp3) is 0.526. The Morgan fingerprint density at radius 3 is 2.63 bits per heavy atom. The van der Waals surface area contributed by atoms with E-state index in [4.69, 9.17) is 4.74 Å². The highest BCUT2D eigenvalue weighted by Crippen LogP contribution is 2.25. The molecule has 0 saturated carbocycles. The Bertz CT molecular complexity index is 1030. The molecule has 0 radical (unpaired) electrons. The van der Waals surface area contributed by atoms with Crippen LogP contribution in [-0.2, 0) is 21.8 Å². The number of nitriles is 1. The van der Waals surface area contributed by atoms with E-state index in [1.807, 2.05) is 6.07 Å². The van der Waals surface area contributed by atoms with Crippen LogP contribution in [0.5, 0.6) is 0 Å². The monoisotopic (exact) mass is 431 g/mol. The number of hydrogen-bond donors (Lipinski definition) is 2. The Labute approximate surface area is 175 Å². The third-order valence-electron chi connectivity index (χ3n) is 5.44. The molecule has 2 fully saturated rings. The summed E-state index contributed by atoms with van der Waals surface area (Å²) in [5, 5.41) is 20.1. The zero-order chi connectivity index (χ0) is 21.1. The summed E-state index contributed by atoms with van der Waals surface area (Å²) in [5.74, 6) is 0.670. The molecule has 1 atom stereocenters. The Balaban J connectivity index is 1.38. The van der Waals surface area contributed by atoms with Crippen molar-refractivity contribution in [3.8, 4) is 6.07 Å². The molecule has 0 aromatic carbocycles. The van der Waals surface area contributed by atoms with E-state index in [0.717, 1.165) is 18.7 Å². The third kappa shape index (κ3) is 4.40. The molecular weight excluding hydrogens is 406 g/mol. The number of piperidine rings is 1. The standard InChI is InChI=1S/C19H25N7O3S/c1-25-12-17(11-22-25)30(27,28)26-5-2-15(3-6-26)24-19-8-18(14(9-20)10-21-19)23-16-4-7-29-13-16/h8,10-12,15-16H,2-7,13H2,1H3,(H2,21,23,24)/t16-/m0/s1. The molecule has 4 rings (SSSR count). The molecule has 0 bridgehead atoms. The van der Waals surface area contributed by atoms with Gasteiger partial charge in [-0.3, -0.25) is 4.68 Å². The summed E-state index contributed by atoms with van der Waals surface area (Å²) >= 11 is 0. The SMILES string of the molecule is Cn1cc(S(=O)(=O)N2CCC(Nc3cc(N[C@H]4CCOC4)c(C#N)cn3)CC2)cn1. The van der Waals surface area contributed by atoms with E-state index >= 15 is 0 Å². The van der Waals surface area contributed by atoms with Gasteiger partial charge in [-0.25, -0.2) is 13.4 Å². The largest absolute Gasteiger partial charge is 0.379 e. The molecular formula is C19H25N7O3S. The van der Waals surface area contributed by atoms with E-state index in [-0.39, 0.29) is 17.0 Å². The lowest BCUT2D eigenvalue weighted by molar-refractivity contribution is 0.195. The van der Waals surface area contributed by atoms with Gasteiger partial charge >= 0.3 is 0 Å². The van der Waals surface area contributed by atoms with E-state index in [1.165, 1.54) is 21.4 Å². The van der Waals surface area contributed by atoms with Crippen LogP contribution in [0.1, 0.15) is 24.8 Å². The van der Waals surface area contributed by atoms with Crippen molar-refractivity contribution in [2.75, 3.05) is 36.9 Å². The molecule has 11 heteroatoms. The smallest absolute Gasteiger partial charge is 0.246 e. The first-order chi connectivity index (χ1) is 14.5. The zero-order valence-electron chi connectivity index (χ0n) is 16.8. The number of nitrogens with zero attached hydrogens (tertiary/aromatic N) is 5. The first kappa shape index (κ1) is 20.6. The predicted octanol–water partition coefficient (Wildman–Crippen LogP) is 1.15. The van der Waals surface area contributed by atoms with Gasteiger partial charge in [0.2, 0.25) is 10.0 Å². The summed E-state index contributed by atoms with van der Waals surface area (Å²) in [5.41, 5.74) is 1.23. The summed E-state index contributed by atoms with van der Waals surface area (Å²) in [7, 11) is -1.82. The van der Waals surface area contributed by atoms with E-state index in [2.05, 4.69) is 26.8 Å². The second-order valence-electron chi connectivity index (χ2n) is 7.60. The molecule has 4 heterocycles. The maximum absolute atomic E-state index is 12.7. The van der Waals surface area contributed by atoms with Gasteiger partial charge in [-0.05, 0) is 19.3 Å². The molecule has 0 unspecified atom stereocenters. The number of sulfonamides is 1. The molecule has 2 aliphatic rings. The average Bonchev–Trinajstić information content (AvgIpc) is 3.41.